The minimum Gasteiger partial charge on any atom is -0.211 e. The first-order valence-corrected chi connectivity index (χ1v) is 3.15. The molecule has 0 unspecified atom stereocenters. The molecule has 1 rings (SSSR count). The molecule has 1 aromatic rings. The van der Waals surface area contributed by atoms with Gasteiger partial charge in [0, 0.05) is 0 Å². The molecule has 0 radical (unpaired) electrons. The normalized spacial score (nSPS) is 8.91. The molecule has 1 aromatic carbocycles. The van der Waals surface area contributed by atoms with Crippen molar-refractivity contribution in [2.75, 3.05) is 0 Å². The van der Waals surface area contributed by atoms with Gasteiger partial charge < -0.3 is 0 Å². The monoisotopic (exact) mass is 171 g/mol. The van der Waals surface area contributed by atoms with Crippen LogP contribution < -0.4 is 0 Å². The summed E-state index contributed by atoms with van der Waals surface area (Å²) < 4.78 is 12.8. The van der Waals surface area contributed by atoms with E-state index < -0.39 is 5.82 Å². The third-order valence-corrected chi connectivity index (χ3v) is 1.39. The second-order valence-electron chi connectivity index (χ2n) is 1.78. The summed E-state index contributed by atoms with van der Waals surface area (Å²) in [6.45, 7) is 0. The SMILES string of the molecule is O=C=Nc1cccc(Cl)c1F. The fourth-order valence-corrected chi connectivity index (χ4v) is 0.797. The highest BCUT2D eigenvalue weighted by atomic mass is 35.5. The molecule has 0 atom stereocenters. The average molecular weight is 172 g/mol. The third kappa shape index (κ3) is 1.64. The van der Waals surface area contributed by atoms with E-state index in [2.05, 4.69) is 4.99 Å². The predicted molar refractivity (Wildman–Crippen MR) is 39.2 cm³/mol. The zero-order chi connectivity index (χ0) is 8.27. The molecule has 2 nitrogen and oxygen atoms in total. The minimum absolute atomic E-state index is 0.0542. The van der Waals surface area contributed by atoms with Gasteiger partial charge in [0.05, 0.1) is 5.02 Å². The van der Waals surface area contributed by atoms with Gasteiger partial charge >= 0.3 is 0 Å². The maximum atomic E-state index is 12.8. The van der Waals surface area contributed by atoms with Gasteiger partial charge in [-0.2, -0.15) is 4.99 Å². The summed E-state index contributed by atoms with van der Waals surface area (Å²) in [4.78, 5) is 12.8. The molecular formula is C7H3ClFNO. The molecule has 0 spiro atoms. The van der Waals surface area contributed by atoms with Crippen molar-refractivity contribution in [1.29, 1.82) is 0 Å². The van der Waals surface area contributed by atoms with Crippen LogP contribution in [-0.2, 0) is 4.79 Å². The van der Waals surface area contributed by atoms with Gasteiger partial charge in [-0.3, -0.25) is 0 Å². The molecule has 0 fully saturated rings. The van der Waals surface area contributed by atoms with Crippen LogP contribution in [0.15, 0.2) is 23.2 Å². The lowest BCUT2D eigenvalue weighted by Gasteiger charge is -1.94. The number of rotatable bonds is 1. The number of carbonyl (C=O) groups excluding carboxylic acids is 1. The molecule has 0 bridgehead atoms. The van der Waals surface area contributed by atoms with E-state index in [-0.39, 0.29) is 10.7 Å². The Morgan fingerprint density at radius 1 is 1.55 bits per heavy atom. The summed E-state index contributed by atoms with van der Waals surface area (Å²) in [5.74, 6) is -0.697. The first-order valence-electron chi connectivity index (χ1n) is 2.77. The summed E-state index contributed by atoms with van der Waals surface area (Å²) in [7, 11) is 0. The van der Waals surface area contributed by atoms with Crippen LogP contribution in [0.2, 0.25) is 5.02 Å². The average Bonchev–Trinajstić information content (AvgIpc) is 1.99. The van der Waals surface area contributed by atoms with Crippen LogP contribution in [-0.4, -0.2) is 6.08 Å². The second kappa shape index (κ2) is 3.28. The smallest absolute Gasteiger partial charge is 0.211 e. The van der Waals surface area contributed by atoms with E-state index in [1.165, 1.54) is 24.3 Å². The zero-order valence-corrected chi connectivity index (χ0v) is 6.10. The molecule has 0 aliphatic rings. The number of benzene rings is 1. The van der Waals surface area contributed by atoms with Gasteiger partial charge in [0.1, 0.15) is 5.69 Å². The van der Waals surface area contributed by atoms with Crippen LogP contribution in [0.1, 0.15) is 0 Å². The summed E-state index contributed by atoms with van der Waals surface area (Å²) in [6, 6.07) is 4.22. The Morgan fingerprint density at radius 3 is 2.91 bits per heavy atom. The second-order valence-corrected chi connectivity index (χ2v) is 2.18. The fourth-order valence-electron chi connectivity index (χ4n) is 0.628. The summed E-state index contributed by atoms with van der Waals surface area (Å²) >= 11 is 5.38. The summed E-state index contributed by atoms with van der Waals surface area (Å²) in [6.07, 6.45) is 1.23. The Kier molecular flexibility index (Phi) is 2.36. The van der Waals surface area contributed by atoms with Crippen molar-refractivity contribution in [3.63, 3.8) is 0 Å². The van der Waals surface area contributed by atoms with E-state index in [1.54, 1.807) is 0 Å². The number of isocyanates is 1. The van der Waals surface area contributed by atoms with Gasteiger partial charge in [-0.1, -0.05) is 17.7 Å². The van der Waals surface area contributed by atoms with E-state index in [0.717, 1.165) is 0 Å². The molecule has 0 heterocycles. The molecule has 0 saturated carbocycles. The largest absolute Gasteiger partial charge is 0.240 e. The van der Waals surface area contributed by atoms with Crippen LogP contribution >= 0.6 is 11.6 Å². The van der Waals surface area contributed by atoms with Crippen molar-refractivity contribution >= 4 is 23.4 Å². The highest BCUT2D eigenvalue weighted by Crippen LogP contribution is 2.23. The van der Waals surface area contributed by atoms with Gasteiger partial charge in [0.25, 0.3) is 0 Å². The van der Waals surface area contributed by atoms with Gasteiger partial charge in [-0.05, 0) is 12.1 Å². The third-order valence-electron chi connectivity index (χ3n) is 1.10. The number of halogens is 2. The van der Waals surface area contributed by atoms with Crippen LogP contribution in [0.25, 0.3) is 0 Å². The van der Waals surface area contributed by atoms with Gasteiger partial charge in [-0.25, -0.2) is 9.18 Å². The number of aliphatic imine (C=N–C) groups is 1. The molecule has 0 saturated heterocycles. The maximum Gasteiger partial charge on any atom is 0.240 e. The van der Waals surface area contributed by atoms with E-state index in [0.29, 0.717) is 0 Å². The van der Waals surface area contributed by atoms with Gasteiger partial charge in [-0.15, -0.1) is 0 Å². The van der Waals surface area contributed by atoms with Crippen molar-refractivity contribution in [3.05, 3.63) is 29.0 Å². The molecule has 0 aliphatic heterocycles. The van der Waals surface area contributed by atoms with Crippen LogP contribution in [0.4, 0.5) is 10.1 Å². The Balaban J connectivity index is 3.26. The van der Waals surface area contributed by atoms with Crippen LogP contribution in [0.5, 0.6) is 0 Å². The summed E-state index contributed by atoms with van der Waals surface area (Å²) in [5, 5.41) is -0.0542. The lowest BCUT2D eigenvalue weighted by molar-refractivity contribution is 0.564. The van der Waals surface area contributed by atoms with E-state index >= 15 is 0 Å². The topological polar surface area (TPSA) is 29.4 Å². The lowest BCUT2D eigenvalue weighted by Crippen LogP contribution is -1.76. The Bertz CT molecular complexity index is 320. The first-order chi connectivity index (χ1) is 5.25. The summed E-state index contributed by atoms with van der Waals surface area (Å²) in [5.41, 5.74) is -0.0903. The van der Waals surface area contributed by atoms with E-state index in [4.69, 9.17) is 11.6 Å². The quantitative estimate of drug-likeness (QED) is 0.471. The molecule has 0 aromatic heterocycles. The molecule has 4 heteroatoms. The molecule has 0 amide bonds. The maximum absolute atomic E-state index is 12.8. The van der Waals surface area contributed by atoms with Crippen molar-refractivity contribution < 1.29 is 9.18 Å². The van der Waals surface area contributed by atoms with Gasteiger partial charge in [0.15, 0.2) is 5.82 Å². The van der Waals surface area contributed by atoms with E-state index in [9.17, 15) is 9.18 Å². The highest BCUT2D eigenvalue weighted by molar-refractivity contribution is 6.31. The number of hydrogen-bond acceptors (Lipinski definition) is 2. The minimum atomic E-state index is -0.697. The Morgan fingerprint density at radius 2 is 2.27 bits per heavy atom. The zero-order valence-electron chi connectivity index (χ0n) is 5.34. The van der Waals surface area contributed by atoms with Crippen molar-refractivity contribution in [1.82, 2.24) is 0 Å². The lowest BCUT2D eigenvalue weighted by atomic mass is 10.3. The van der Waals surface area contributed by atoms with Crippen molar-refractivity contribution in [2.24, 2.45) is 4.99 Å². The number of nitrogens with zero attached hydrogens (tertiary/aromatic N) is 1. The van der Waals surface area contributed by atoms with Crippen molar-refractivity contribution in [3.8, 4) is 0 Å². The predicted octanol–water partition coefficient (Wildman–Crippen LogP) is 2.45. The molecule has 56 valence electrons. The fraction of sp³-hybridized carbons (Fsp3) is 0. The van der Waals surface area contributed by atoms with E-state index in [1.807, 2.05) is 0 Å². The first kappa shape index (κ1) is 7.92. The van der Waals surface area contributed by atoms with Crippen LogP contribution in [0, 0.1) is 5.82 Å². The Hall–Kier alpha value is -1.18. The number of hydrogen-bond donors (Lipinski definition) is 0. The molecule has 0 N–H and O–H groups in total. The molecule has 11 heavy (non-hydrogen) atoms. The highest BCUT2D eigenvalue weighted by Gasteiger charge is 2.03. The van der Waals surface area contributed by atoms with Gasteiger partial charge in [0.2, 0.25) is 6.08 Å². The van der Waals surface area contributed by atoms with Crippen molar-refractivity contribution in [2.45, 2.75) is 0 Å². The standard InChI is InChI=1S/C7H3ClFNO/c8-5-2-1-3-6(7(5)9)10-4-11/h1-3H. The van der Waals surface area contributed by atoms with Crippen LogP contribution in [0.3, 0.4) is 0 Å². The molecule has 0 aliphatic carbocycles. The Labute approximate surface area is 67.3 Å². The molecular weight excluding hydrogens is 169 g/mol.